The molecule has 5 heteroatoms. The Bertz CT molecular complexity index is 611. The third-order valence-corrected chi connectivity index (χ3v) is 3.14. The van der Waals surface area contributed by atoms with Gasteiger partial charge in [-0.1, -0.05) is 35.9 Å². The molecule has 0 saturated carbocycles. The van der Waals surface area contributed by atoms with Gasteiger partial charge in [0.05, 0.1) is 12.6 Å². The second kappa shape index (κ2) is 6.85. The maximum atomic E-state index is 10.9. The summed E-state index contributed by atoms with van der Waals surface area (Å²) in [6.45, 7) is 1.96. The van der Waals surface area contributed by atoms with Crippen LogP contribution >= 0.6 is 0 Å². The molecule has 0 aliphatic heterocycles. The number of rotatable bonds is 6. The number of aliphatic hydroxyl groups excluding tert-OH is 1. The lowest BCUT2D eigenvalue weighted by Gasteiger charge is -2.17. The molecule has 0 bridgehead atoms. The van der Waals surface area contributed by atoms with E-state index < -0.39 is 5.97 Å². The zero-order valence-electron chi connectivity index (χ0n) is 11.8. The van der Waals surface area contributed by atoms with Crippen molar-refractivity contribution in [1.29, 1.82) is 0 Å². The van der Waals surface area contributed by atoms with Crippen LogP contribution in [0.2, 0.25) is 0 Å². The summed E-state index contributed by atoms with van der Waals surface area (Å²) in [6.07, 6.45) is 0.635. The molecule has 0 spiro atoms. The topological polar surface area (TPSA) is 82.5 Å². The Morgan fingerprint density at radius 2 is 1.95 bits per heavy atom. The Morgan fingerprint density at radius 1 is 1.24 bits per heavy atom. The highest BCUT2D eigenvalue weighted by atomic mass is 16.4. The van der Waals surface area contributed by atoms with Crippen molar-refractivity contribution in [2.24, 2.45) is 0 Å². The van der Waals surface area contributed by atoms with Crippen molar-refractivity contribution in [3.05, 3.63) is 59.3 Å². The fourth-order valence-electron chi connectivity index (χ4n) is 2.01. The van der Waals surface area contributed by atoms with Crippen LogP contribution in [-0.2, 0) is 6.42 Å². The van der Waals surface area contributed by atoms with Gasteiger partial charge < -0.3 is 15.5 Å². The second-order valence-corrected chi connectivity index (χ2v) is 4.93. The van der Waals surface area contributed by atoms with Crippen molar-refractivity contribution >= 4 is 11.8 Å². The average Bonchev–Trinajstić information content (AvgIpc) is 2.49. The summed E-state index contributed by atoms with van der Waals surface area (Å²) in [4.78, 5) is 14.9. The first-order valence-electron chi connectivity index (χ1n) is 6.72. The Labute approximate surface area is 123 Å². The minimum Gasteiger partial charge on any atom is -0.477 e. The Balaban J connectivity index is 2.06. The summed E-state index contributed by atoms with van der Waals surface area (Å²) in [7, 11) is 0. The minimum absolute atomic E-state index is 0.0213. The van der Waals surface area contributed by atoms with Crippen LogP contribution in [0.5, 0.6) is 0 Å². The molecular weight excluding hydrogens is 268 g/mol. The third kappa shape index (κ3) is 4.29. The molecule has 0 aliphatic rings. The minimum atomic E-state index is -1.07. The molecular formula is C16H18N2O3. The van der Waals surface area contributed by atoms with Gasteiger partial charge in [-0.25, -0.2) is 9.78 Å². The Kier molecular flexibility index (Phi) is 4.90. The predicted octanol–water partition coefficient (Wildman–Crippen LogP) is 2.10. The number of benzene rings is 1. The van der Waals surface area contributed by atoms with E-state index in [-0.39, 0.29) is 18.3 Å². The number of nitrogens with zero attached hydrogens (tertiary/aromatic N) is 1. The number of carboxylic acid groups (broad SMARTS) is 1. The van der Waals surface area contributed by atoms with Gasteiger partial charge in [-0.05, 0) is 31.0 Å². The van der Waals surface area contributed by atoms with E-state index in [1.54, 1.807) is 12.1 Å². The predicted molar refractivity (Wildman–Crippen MR) is 80.6 cm³/mol. The van der Waals surface area contributed by atoms with Gasteiger partial charge in [-0.3, -0.25) is 0 Å². The number of aromatic carboxylic acids is 1. The molecule has 2 rings (SSSR count). The van der Waals surface area contributed by atoms with E-state index in [2.05, 4.69) is 10.3 Å². The van der Waals surface area contributed by atoms with Gasteiger partial charge in [0.15, 0.2) is 5.69 Å². The Hall–Kier alpha value is -2.40. The molecule has 3 N–H and O–H groups in total. The third-order valence-electron chi connectivity index (χ3n) is 3.14. The molecule has 1 aromatic carbocycles. The van der Waals surface area contributed by atoms with E-state index in [0.717, 1.165) is 5.56 Å². The van der Waals surface area contributed by atoms with Crippen LogP contribution in [0.1, 0.15) is 21.6 Å². The summed E-state index contributed by atoms with van der Waals surface area (Å²) < 4.78 is 0. The maximum Gasteiger partial charge on any atom is 0.354 e. The van der Waals surface area contributed by atoms with E-state index >= 15 is 0 Å². The molecule has 0 amide bonds. The summed E-state index contributed by atoms with van der Waals surface area (Å²) in [6, 6.07) is 12.6. The average molecular weight is 286 g/mol. The van der Waals surface area contributed by atoms with Crippen molar-refractivity contribution < 1.29 is 15.0 Å². The van der Waals surface area contributed by atoms with Crippen LogP contribution < -0.4 is 5.32 Å². The van der Waals surface area contributed by atoms with Gasteiger partial charge in [0.2, 0.25) is 0 Å². The van der Waals surface area contributed by atoms with E-state index in [1.165, 1.54) is 11.6 Å². The lowest BCUT2D eigenvalue weighted by Crippen LogP contribution is -2.27. The fourth-order valence-corrected chi connectivity index (χ4v) is 2.01. The maximum absolute atomic E-state index is 10.9. The molecule has 1 unspecified atom stereocenters. The number of pyridine rings is 1. The lowest BCUT2D eigenvalue weighted by atomic mass is 10.0. The van der Waals surface area contributed by atoms with Crippen LogP contribution in [0.4, 0.5) is 5.82 Å². The van der Waals surface area contributed by atoms with E-state index in [4.69, 9.17) is 5.11 Å². The standard InChI is InChI=1S/C16H18N2O3/c1-11-5-7-12(8-6-11)9-13(10-19)17-15-4-2-3-14(18-15)16(20)21/h2-8,13,19H,9-10H2,1H3,(H,17,18)(H,20,21). The number of nitrogens with one attached hydrogen (secondary N) is 1. The molecule has 21 heavy (non-hydrogen) atoms. The highest BCUT2D eigenvalue weighted by Crippen LogP contribution is 2.11. The van der Waals surface area contributed by atoms with Crippen molar-refractivity contribution in [3.63, 3.8) is 0 Å². The van der Waals surface area contributed by atoms with Gasteiger partial charge in [-0.15, -0.1) is 0 Å². The SMILES string of the molecule is Cc1ccc(CC(CO)Nc2cccc(C(=O)O)n2)cc1. The quantitative estimate of drug-likeness (QED) is 0.757. The number of anilines is 1. The first-order valence-corrected chi connectivity index (χ1v) is 6.72. The number of aromatic nitrogens is 1. The Morgan fingerprint density at radius 3 is 2.57 bits per heavy atom. The lowest BCUT2D eigenvalue weighted by molar-refractivity contribution is 0.0690. The van der Waals surface area contributed by atoms with Crippen LogP contribution in [0.3, 0.4) is 0 Å². The zero-order chi connectivity index (χ0) is 15.2. The smallest absolute Gasteiger partial charge is 0.354 e. The van der Waals surface area contributed by atoms with Gasteiger partial charge >= 0.3 is 5.97 Å². The molecule has 1 heterocycles. The zero-order valence-corrected chi connectivity index (χ0v) is 11.8. The molecule has 110 valence electrons. The molecule has 1 atom stereocenters. The normalized spacial score (nSPS) is 11.9. The second-order valence-electron chi connectivity index (χ2n) is 4.93. The van der Waals surface area contributed by atoms with E-state index in [1.807, 2.05) is 31.2 Å². The monoisotopic (exact) mass is 286 g/mol. The van der Waals surface area contributed by atoms with Gasteiger partial charge in [0.1, 0.15) is 5.82 Å². The van der Waals surface area contributed by atoms with Gasteiger partial charge in [-0.2, -0.15) is 0 Å². The number of hydrogen-bond acceptors (Lipinski definition) is 4. The van der Waals surface area contributed by atoms with Crippen LogP contribution in [0.25, 0.3) is 0 Å². The van der Waals surface area contributed by atoms with E-state index in [0.29, 0.717) is 12.2 Å². The highest BCUT2D eigenvalue weighted by molar-refractivity contribution is 5.85. The van der Waals surface area contributed by atoms with Crippen molar-refractivity contribution in [3.8, 4) is 0 Å². The van der Waals surface area contributed by atoms with Crippen LogP contribution in [0, 0.1) is 6.92 Å². The molecule has 0 fully saturated rings. The summed E-state index contributed by atoms with van der Waals surface area (Å²) in [5.41, 5.74) is 2.26. The van der Waals surface area contributed by atoms with Crippen LogP contribution in [0.15, 0.2) is 42.5 Å². The summed E-state index contributed by atoms with van der Waals surface area (Å²) in [5, 5.41) is 21.5. The first-order chi connectivity index (χ1) is 10.1. The highest BCUT2D eigenvalue weighted by Gasteiger charge is 2.11. The number of carboxylic acids is 1. The summed E-state index contributed by atoms with van der Waals surface area (Å²) >= 11 is 0. The van der Waals surface area contributed by atoms with Crippen molar-refractivity contribution in [1.82, 2.24) is 4.98 Å². The molecule has 2 aromatic rings. The van der Waals surface area contributed by atoms with Crippen molar-refractivity contribution in [2.75, 3.05) is 11.9 Å². The fraction of sp³-hybridized carbons (Fsp3) is 0.250. The van der Waals surface area contributed by atoms with Crippen LogP contribution in [-0.4, -0.2) is 33.8 Å². The molecule has 5 nitrogen and oxygen atoms in total. The molecule has 0 aliphatic carbocycles. The van der Waals surface area contributed by atoms with Crippen molar-refractivity contribution in [2.45, 2.75) is 19.4 Å². The number of hydrogen-bond donors (Lipinski definition) is 3. The number of carbonyl (C=O) groups is 1. The summed E-state index contributed by atoms with van der Waals surface area (Å²) in [5.74, 6) is -0.626. The molecule has 1 aromatic heterocycles. The molecule has 0 radical (unpaired) electrons. The number of aryl methyl sites for hydroxylation is 1. The largest absolute Gasteiger partial charge is 0.477 e. The number of aliphatic hydroxyl groups is 1. The van der Waals surface area contributed by atoms with E-state index in [9.17, 15) is 9.90 Å². The molecule has 0 saturated heterocycles. The van der Waals surface area contributed by atoms with Gasteiger partial charge in [0.25, 0.3) is 0 Å². The van der Waals surface area contributed by atoms with Gasteiger partial charge in [0, 0.05) is 0 Å². The first kappa shape index (κ1) is 15.0.